The first-order chi connectivity index (χ1) is 17.4. The normalized spacial score (nSPS) is 19.2. The predicted octanol–water partition coefficient (Wildman–Crippen LogP) is 3.93. The van der Waals surface area contributed by atoms with Crippen LogP contribution in [-0.4, -0.2) is 41.6 Å². The average molecular weight is 478 g/mol. The number of carbonyl (C=O) groups is 1. The summed E-state index contributed by atoms with van der Waals surface area (Å²) in [6.07, 6.45) is 5.37. The second kappa shape index (κ2) is 9.70. The monoisotopic (exact) mass is 477 g/mol. The SMILES string of the molecule is C=C1C=COC(CNc2ccc(C#CC#Cc3ccc(C(=O)N4C[C@@H](N)C5(CC5)C4)cc3)cc2)=C1O. The van der Waals surface area contributed by atoms with E-state index in [1.807, 2.05) is 53.4 Å². The molecule has 2 aromatic carbocycles. The molecule has 5 rings (SSSR count). The Morgan fingerprint density at radius 2 is 1.75 bits per heavy atom. The van der Waals surface area contributed by atoms with Gasteiger partial charge in [-0.1, -0.05) is 18.4 Å². The lowest BCUT2D eigenvalue weighted by Crippen LogP contribution is -2.32. The molecule has 36 heavy (non-hydrogen) atoms. The van der Waals surface area contributed by atoms with Gasteiger partial charge in [-0.15, -0.1) is 0 Å². The van der Waals surface area contributed by atoms with Gasteiger partial charge in [0.2, 0.25) is 0 Å². The molecule has 1 atom stereocenters. The molecule has 0 bridgehead atoms. The summed E-state index contributed by atoms with van der Waals surface area (Å²) in [7, 11) is 0. The van der Waals surface area contributed by atoms with Crippen LogP contribution in [0, 0.1) is 29.1 Å². The molecule has 1 aliphatic carbocycles. The van der Waals surface area contributed by atoms with Crippen molar-refractivity contribution in [3.8, 4) is 23.7 Å². The molecule has 180 valence electrons. The third-order valence-corrected chi connectivity index (χ3v) is 6.88. The van der Waals surface area contributed by atoms with Gasteiger partial charge < -0.3 is 25.8 Å². The lowest BCUT2D eigenvalue weighted by Gasteiger charge is -2.16. The van der Waals surface area contributed by atoms with Crippen LogP contribution in [0.3, 0.4) is 0 Å². The van der Waals surface area contributed by atoms with Gasteiger partial charge in [0, 0.05) is 52.5 Å². The van der Waals surface area contributed by atoms with Gasteiger partial charge in [0.15, 0.2) is 11.5 Å². The molecule has 1 spiro atoms. The van der Waals surface area contributed by atoms with Gasteiger partial charge in [0.1, 0.15) is 0 Å². The molecule has 2 aromatic rings. The van der Waals surface area contributed by atoms with E-state index < -0.39 is 0 Å². The van der Waals surface area contributed by atoms with Gasteiger partial charge in [-0.25, -0.2) is 0 Å². The molecule has 4 N–H and O–H groups in total. The van der Waals surface area contributed by atoms with E-state index in [-0.39, 0.29) is 23.1 Å². The van der Waals surface area contributed by atoms with E-state index in [9.17, 15) is 9.90 Å². The van der Waals surface area contributed by atoms with Crippen molar-refractivity contribution in [2.45, 2.75) is 18.9 Å². The van der Waals surface area contributed by atoms with Crippen molar-refractivity contribution in [3.63, 3.8) is 0 Å². The maximum absolute atomic E-state index is 12.8. The molecule has 0 radical (unpaired) electrons. The second-order valence-corrected chi connectivity index (χ2v) is 9.38. The van der Waals surface area contributed by atoms with Gasteiger partial charge in [-0.2, -0.15) is 0 Å². The van der Waals surface area contributed by atoms with Gasteiger partial charge >= 0.3 is 0 Å². The molecule has 6 nitrogen and oxygen atoms in total. The molecule has 2 heterocycles. The Labute approximate surface area is 211 Å². The highest BCUT2D eigenvalue weighted by Crippen LogP contribution is 2.52. The van der Waals surface area contributed by atoms with E-state index in [1.54, 1.807) is 6.08 Å². The Kier molecular flexibility index (Phi) is 6.29. The van der Waals surface area contributed by atoms with Crippen LogP contribution < -0.4 is 11.1 Å². The first-order valence-corrected chi connectivity index (χ1v) is 11.9. The van der Waals surface area contributed by atoms with E-state index >= 15 is 0 Å². The Balaban J connectivity index is 1.14. The Bertz CT molecular complexity index is 1380. The molecule has 1 saturated carbocycles. The number of rotatable bonds is 4. The highest BCUT2D eigenvalue weighted by Gasteiger charge is 2.54. The van der Waals surface area contributed by atoms with Crippen LogP contribution in [0.25, 0.3) is 0 Å². The van der Waals surface area contributed by atoms with Gasteiger partial charge in [-0.3, -0.25) is 4.79 Å². The summed E-state index contributed by atoms with van der Waals surface area (Å²) >= 11 is 0. The lowest BCUT2D eigenvalue weighted by molar-refractivity contribution is 0.0784. The van der Waals surface area contributed by atoms with Crippen LogP contribution in [0.1, 0.15) is 34.3 Å². The molecule has 3 aliphatic rings. The number of amides is 1. The van der Waals surface area contributed by atoms with Crippen LogP contribution in [-0.2, 0) is 4.74 Å². The highest BCUT2D eigenvalue weighted by atomic mass is 16.5. The third kappa shape index (κ3) is 5.00. The Morgan fingerprint density at radius 1 is 1.11 bits per heavy atom. The fourth-order valence-corrected chi connectivity index (χ4v) is 4.41. The van der Waals surface area contributed by atoms with Crippen molar-refractivity contribution in [2.75, 3.05) is 25.0 Å². The molecule has 1 amide bonds. The van der Waals surface area contributed by atoms with Gasteiger partial charge in [-0.05, 0) is 79.3 Å². The molecule has 1 saturated heterocycles. The van der Waals surface area contributed by atoms with Crippen LogP contribution in [0.4, 0.5) is 5.69 Å². The number of nitrogens with one attached hydrogen (secondary N) is 1. The Morgan fingerprint density at radius 3 is 2.36 bits per heavy atom. The maximum atomic E-state index is 12.8. The summed E-state index contributed by atoms with van der Waals surface area (Å²) < 4.78 is 5.33. The van der Waals surface area contributed by atoms with Crippen molar-refractivity contribution in [2.24, 2.45) is 11.1 Å². The zero-order valence-electron chi connectivity index (χ0n) is 19.9. The lowest BCUT2D eigenvalue weighted by atomic mass is 10.0. The maximum Gasteiger partial charge on any atom is 0.253 e. The first kappa shape index (κ1) is 23.4. The number of aliphatic hydroxyl groups excluding tert-OH is 1. The van der Waals surface area contributed by atoms with E-state index in [4.69, 9.17) is 10.5 Å². The van der Waals surface area contributed by atoms with E-state index in [1.165, 1.54) is 6.26 Å². The number of allylic oxidation sites excluding steroid dienone is 1. The molecule has 6 heteroatoms. The average Bonchev–Trinajstić information content (AvgIpc) is 3.61. The van der Waals surface area contributed by atoms with Crippen molar-refractivity contribution in [3.05, 3.63) is 101 Å². The summed E-state index contributed by atoms with van der Waals surface area (Å²) in [5, 5.41) is 13.2. The number of likely N-dealkylation sites (tertiary alicyclic amines) is 1. The molecular weight excluding hydrogens is 450 g/mol. The summed E-state index contributed by atoms with van der Waals surface area (Å²) in [6.45, 7) is 5.49. The number of nitrogens with two attached hydrogens (primary N) is 1. The number of aliphatic hydroxyl groups is 1. The fraction of sp³-hybridized carbons (Fsp3) is 0.233. The summed E-state index contributed by atoms with van der Waals surface area (Å²) in [5.74, 6) is 12.3. The van der Waals surface area contributed by atoms with Crippen molar-refractivity contribution >= 4 is 11.6 Å². The van der Waals surface area contributed by atoms with Crippen LogP contribution >= 0.6 is 0 Å². The van der Waals surface area contributed by atoms with Crippen LogP contribution in [0.2, 0.25) is 0 Å². The van der Waals surface area contributed by atoms with E-state index in [0.717, 1.165) is 36.2 Å². The minimum absolute atomic E-state index is 0.0357. The number of ether oxygens (including phenoxy) is 1. The largest absolute Gasteiger partial charge is 0.504 e. The zero-order valence-corrected chi connectivity index (χ0v) is 19.9. The summed E-state index contributed by atoms with van der Waals surface area (Å²) in [6, 6.07) is 15.0. The fourth-order valence-electron chi connectivity index (χ4n) is 4.41. The highest BCUT2D eigenvalue weighted by molar-refractivity contribution is 5.94. The smallest absolute Gasteiger partial charge is 0.253 e. The molecule has 0 unspecified atom stereocenters. The predicted molar refractivity (Wildman–Crippen MR) is 140 cm³/mol. The van der Waals surface area contributed by atoms with Gasteiger partial charge in [0.25, 0.3) is 5.91 Å². The number of hydrogen-bond donors (Lipinski definition) is 3. The quantitative estimate of drug-likeness (QED) is 0.581. The first-order valence-electron chi connectivity index (χ1n) is 11.9. The Hall–Kier alpha value is -4.39. The summed E-state index contributed by atoms with van der Waals surface area (Å²) in [5.41, 5.74) is 10.1. The van der Waals surface area contributed by atoms with Crippen molar-refractivity contribution in [1.82, 2.24) is 4.90 Å². The van der Waals surface area contributed by atoms with Crippen molar-refractivity contribution in [1.29, 1.82) is 0 Å². The van der Waals surface area contributed by atoms with Crippen LogP contribution in [0.5, 0.6) is 0 Å². The van der Waals surface area contributed by atoms with E-state index in [2.05, 4.69) is 35.6 Å². The topological polar surface area (TPSA) is 87.8 Å². The second-order valence-electron chi connectivity index (χ2n) is 9.38. The molecule has 2 aliphatic heterocycles. The van der Waals surface area contributed by atoms with Crippen LogP contribution in [0.15, 0.2) is 84.5 Å². The number of anilines is 1. The molecular formula is C30H27N3O3. The minimum Gasteiger partial charge on any atom is -0.504 e. The number of nitrogens with zero attached hydrogens (tertiary/aromatic N) is 1. The summed E-state index contributed by atoms with van der Waals surface area (Å²) in [4.78, 5) is 14.7. The zero-order chi connectivity index (χ0) is 25.1. The number of carbonyl (C=O) groups excluding carboxylic acids is 1. The standard InChI is InChI=1S/C30H27N3O3/c1-21-14-17-36-26(28(21)34)18-32-25-12-8-23(9-13-25)5-3-2-4-22-6-10-24(11-7-22)29(35)33-19-27(31)30(20-33)15-16-30/h6-14,17,27,32,34H,1,15-16,18-20,31H2/t27-/m1/s1. The molecule has 0 aromatic heterocycles. The van der Waals surface area contributed by atoms with Gasteiger partial charge in [0.05, 0.1) is 12.8 Å². The molecule has 2 fully saturated rings. The van der Waals surface area contributed by atoms with Crippen molar-refractivity contribution < 1.29 is 14.6 Å². The van der Waals surface area contributed by atoms with E-state index in [0.29, 0.717) is 30.0 Å². The minimum atomic E-state index is 0.0357. The third-order valence-electron chi connectivity index (χ3n) is 6.88. The number of hydrogen-bond acceptors (Lipinski definition) is 5. The number of benzene rings is 2.